The van der Waals surface area contributed by atoms with Crippen molar-refractivity contribution in [2.75, 3.05) is 62.4 Å². The molecule has 0 amide bonds. The molecule has 29 heavy (non-hydrogen) atoms. The maximum absolute atomic E-state index is 13.0. The van der Waals surface area contributed by atoms with E-state index in [4.69, 9.17) is 9.47 Å². The number of ether oxygens (including phenoxy) is 2. The highest BCUT2D eigenvalue weighted by atomic mass is 32.2. The summed E-state index contributed by atoms with van der Waals surface area (Å²) in [5, 5.41) is -0.456. The first-order valence-electron chi connectivity index (χ1n) is 9.84. The van der Waals surface area contributed by atoms with Crippen LogP contribution in [0.15, 0.2) is 48.5 Å². The molecular weight excluding hydrogens is 388 g/mol. The number of hydrogen-bond acceptors (Lipinski definition) is 7. The Balaban J connectivity index is 1.53. The molecule has 2 aromatic carbocycles. The highest BCUT2D eigenvalue weighted by Gasteiger charge is 2.24. The molecule has 0 N–H and O–H groups in total. The van der Waals surface area contributed by atoms with Crippen molar-refractivity contribution in [1.29, 1.82) is 0 Å². The van der Waals surface area contributed by atoms with Gasteiger partial charge in [0.25, 0.3) is 0 Å². The Labute approximate surface area is 174 Å². The molecule has 0 unspecified atom stereocenters. The summed E-state index contributed by atoms with van der Waals surface area (Å²) >= 11 is 0.768. The minimum absolute atomic E-state index is 0.228. The minimum atomic E-state index is -0.228. The van der Waals surface area contributed by atoms with Crippen LogP contribution < -0.4 is 9.80 Å². The SMILES string of the molecule is O=C(SC(=O)c1ccccc1N1CCOCC1)c1ccccc1N1CCOCC1. The Bertz CT molecular complexity index is 805. The second-order valence-corrected chi connectivity index (χ2v) is 7.86. The van der Waals surface area contributed by atoms with Crippen molar-refractivity contribution >= 4 is 33.4 Å². The van der Waals surface area contributed by atoms with Gasteiger partial charge in [0.05, 0.1) is 37.6 Å². The quantitative estimate of drug-likeness (QED) is 0.765. The van der Waals surface area contributed by atoms with Crippen LogP contribution in [0, 0.1) is 0 Å². The highest BCUT2D eigenvalue weighted by Crippen LogP contribution is 2.30. The first kappa shape index (κ1) is 19.9. The lowest BCUT2D eigenvalue weighted by molar-refractivity contribution is 0.106. The zero-order valence-electron chi connectivity index (χ0n) is 16.2. The molecule has 6 nitrogen and oxygen atoms in total. The monoisotopic (exact) mass is 412 g/mol. The van der Waals surface area contributed by atoms with Gasteiger partial charge in [0.15, 0.2) is 0 Å². The van der Waals surface area contributed by atoms with E-state index in [1.54, 1.807) is 12.1 Å². The van der Waals surface area contributed by atoms with Crippen LogP contribution in [0.5, 0.6) is 0 Å². The van der Waals surface area contributed by atoms with Gasteiger partial charge in [-0.3, -0.25) is 9.59 Å². The number of rotatable bonds is 4. The van der Waals surface area contributed by atoms with E-state index in [1.807, 2.05) is 36.4 Å². The van der Waals surface area contributed by atoms with Crippen molar-refractivity contribution in [3.63, 3.8) is 0 Å². The van der Waals surface area contributed by atoms with Gasteiger partial charge in [-0.25, -0.2) is 0 Å². The molecular formula is C22H24N2O4S. The molecule has 0 aliphatic carbocycles. The third kappa shape index (κ3) is 4.63. The van der Waals surface area contributed by atoms with Crippen LogP contribution in [0.2, 0.25) is 0 Å². The number of thioether (sulfide) groups is 1. The van der Waals surface area contributed by atoms with Crippen molar-refractivity contribution in [2.45, 2.75) is 0 Å². The van der Waals surface area contributed by atoms with E-state index in [1.165, 1.54) is 0 Å². The fourth-order valence-electron chi connectivity index (χ4n) is 3.65. The van der Waals surface area contributed by atoms with Crippen LogP contribution in [0.3, 0.4) is 0 Å². The molecule has 2 saturated heterocycles. The summed E-state index contributed by atoms with van der Waals surface area (Å²) in [5.41, 5.74) is 2.86. The van der Waals surface area contributed by atoms with Crippen LogP contribution in [0.25, 0.3) is 0 Å². The standard InChI is InChI=1S/C22H24N2O4S/c25-21(17-5-1-3-7-19(17)23-9-13-27-14-10-23)29-22(26)18-6-2-4-8-20(18)24-11-15-28-16-12-24/h1-8H,9-16H2. The van der Waals surface area contributed by atoms with Gasteiger partial charge < -0.3 is 19.3 Å². The van der Waals surface area contributed by atoms with Gasteiger partial charge in [0, 0.05) is 37.6 Å². The Morgan fingerprint density at radius 1 is 0.655 bits per heavy atom. The Morgan fingerprint density at radius 2 is 1.03 bits per heavy atom. The van der Waals surface area contributed by atoms with Crippen LogP contribution in [0.1, 0.15) is 20.7 Å². The average Bonchev–Trinajstić information content (AvgIpc) is 2.80. The number of hydrogen-bond donors (Lipinski definition) is 0. The van der Waals surface area contributed by atoms with Gasteiger partial charge in [-0.05, 0) is 36.0 Å². The fraction of sp³-hybridized carbons (Fsp3) is 0.364. The van der Waals surface area contributed by atoms with Crippen molar-refractivity contribution in [3.05, 3.63) is 59.7 Å². The van der Waals surface area contributed by atoms with Crippen LogP contribution in [-0.4, -0.2) is 62.8 Å². The van der Waals surface area contributed by atoms with Gasteiger partial charge in [-0.1, -0.05) is 24.3 Å². The normalized spacial score (nSPS) is 17.2. The van der Waals surface area contributed by atoms with Crippen molar-refractivity contribution < 1.29 is 19.1 Å². The molecule has 0 aromatic heterocycles. The van der Waals surface area contributed by atoms with E-state index in [-0.39, 0.29) is 10.2 Å². The largest absolute Gasteiger partial charge is 0.378 e. The van der Waals surface area contributed by atoms with E-state index < -0.39 is 0 Å². The summed E-state index contributed by atoms with van der Waals surface area (Å²) in [6.07, 6.45) is 0. The lowest BCUT2D eigenvalue weighted by atomic mass is 10.1. The zero-order chi connectivity index (χ0) is 20.1. The smallest absolute Gasteiger partial charge is 0.229 e. The number of nitrogens with zero attached hydrogens (tertiary/aromatic N) is 2. The zero-order valence-corrected chi connectivity index (χ0v) is 17.0. The van der Waals surface area contributed by atoms with E-state index in [2.05, 4.69) is 9.80 Å². The van der Waals surface area contributed by atoms with E-state index in [0.717, 1.165) is 49.3 Å². The Hall–Kier alpha value is -2.35. The van der Waals surface area contributed by atoms with Crippen LogP contribution >= 0.6 is 11.8 Å². The molecule has 0 spiro atoms. The molecule has 2 aliphatic heterocycles. The first-order chi connectivity index (χ1) is 14.2. The minimum Gasteiger partial charge on any atom is -0.378 e. The van der Waals surface area contributed by atoms with E-state index in [9.17, 15) is 9.59 Å². The molecule has 0 radical (unpaired) electrons. The second-order valence-electron chi connectivity index (χ2n) is 6.91. The summed E-state index contributed by atoms with van der Waals surface area (Å²) in [6.45, 7) is 5.52. The summed E-state index contributed by atoms with van der Waals surface area (Å²) in [6, 6.07) is 15.0. The second kappa shape index (κ2) is 9.43. The van der Waals surface area contributed by atoms with E-state index >= 15 is 0 Å². The fourth-order valence-corrected chi connectivity index (χ4v) is 4.38. The molecule has 2 fully saturated rings. The molecule has 152 valence electrons. The van der Waals surface area contributed by atoms with Crippen molar-refractivity contribution in [1.82, 2.24) is 0 Å². The summed E-state index contributed by atoms with van der Waals surface area (Å²) in [7, 11) is 0. The third-order valence-electron chi connectivity index (χ3n) is 5.14. The number of carbonyl (C=O) groups is 2. The first-order valence-corrected chi connectivity index (χ1v) is 10.7. The van der Waals surface area contributed by atoms with Crippen molar-refractivity contribution in [2.24, 2.45) is 0 Å². The molecule has 2 heterocycles. The molecule has 0 bridgehead atoms. The van der Waals surface area contributed by atoms with E-state index in [0.29, 0.717) is 37.6 Å². The molecule has 2 aliphatic rings. The average molecular weight is 413 g/mol. The number of morpholine rings is 2. The molecule has 4 rings (SSSR count). The van der Waals surface area contributed by atoms with Crippen molar-refractivity contribution in [3.8, 4) is 0 Å². The van der Waals surface area contributed by atoms with Crippen LogP contribution in [0.4, 0.5) is 11.4 Å². The maximum atomic E-state index is 13.0. The predicted octanol–water partition coefficient (Wildman–Crippen LogP) is 3.07. The number of carbonyl (C=O) groups excluding carboxylic acids is 2. The summed E-state index contributed by atoms with van der Waals surface area (Å²) in [5.74, 6) is 0. The number of benzene rings is 2. The lowest BCUT2D eigenvalue weighted by Gasteiger charge is -2.30. The topological polar surface area (TPSA) is 59.1 Å². The summed E-state index contributed by atoms with van der Waals surface area (Å²) < 4.78 is 10.8. The molecule has 2 aromatic rings. The highest BCUT2D eigenvalue weighted by molar-refractivity contribution is 8.27. The van der Waals surface area contributed by atoms with Gasteiger partial charge in [-0.15, -0.1) is 0 Å². The predicted molar refractivity (Wildman–Crippen MR) is 115 cm³/mol. The molecule has 0 saturated carbocycles. The Morgan fingerprint density at radius 3 is 1.45 bits per heavy atom. The summed E-state index contributed by atoms with van der Waals surface area (Å²) in [4.78, 5) is 30.3. The Kier molecular flexibility index (Phi) is 6.49. The number of para-hydroxylation sites is 2. The molecule has 0 atom stereocenters. The van der Waals surface area contributed by atoms with Gasteiger partial charge in [0.2, 0.25) is 10.2 Å². The third-order valence-corrected chi connectivity index (χ3v) is 5.95. The lowest BCUT2D eigenvalue weighted by Crippen LogP contribution is -2.37. The number of anilines is 2. The molecule has 7 heteroatoms. The van der Waals surface area contributed by atoms with Gasteiger partial charge >= 0.3 is 0 Å². The van der Waals surface area contributed by atoms with Crippen LogP contribution in [-0.2, 0) is 9.47 Å². The maximum Gasteiger partial charge on any atom is 0.229 e. The van der Waals surface area contributed by atoms with Gasteiger partial charge in [-0.2, -0.15) is 0 Å². The van der Waals surface area contributed by atoms with Gasteiger partial charge in [0.1, 0.15) is 0 Å².